The van der Waals surface area contributed by atoms with Crippen LogP contribution < -0.4 is 10.1 Å². The number of fused-ring (bicyclic) bond motifs is 1. The fourth-order valence-corrected chi connectivity index (χ4v) is 2.87. The molecule has 1 N–H and O–H groups in total. The molecule has 0 saturated heterocycles. The van der Waals surface area contributed by atoms with Crippen LogP contribution >= 0.6 is 12.4 Å². The molecule has 24 heavy (non-hydrogen) atoms. The lowest BCUT2D eigenvalue weighted by atomic mass is 10.0. The standard InChI is InChI=1S/C20H22N2O.ClH/c1-5-23-17-8-6-16(7-9-17)22-19-12-15(4)21-20-14(3)10-13(2)11-18(19)20;/h6-12H,5H2,1-4H3,(H,21,22);1H. The van der Waals surface area contributed by atoms with Crippen molar-refractivity contribution >= 4 is 34.7 Å². The first-order valence-corrected chi connectivity index (χ1v) is 7.95. The van der Waals surface area contributed by atoms with Gasteiger partial charge in [0.15, 0.2) is 0 Å². The maximum absolute atomic E-state index is 5.49. The highest BCUT2D eigenvalue weighted by molar-refractivity contribution is 5.95. The van der Waals surface area contributed by atoms with Crippen LogP contribution in [-0.2, 0) is 0 Å². The van der Waals surface area contributed by atoms with Crippen LogP contribution in [0.3, 0.4) is 0 Å². The Morgan fingerprint density at radius 2 is 1.71 bits per heavy atom. The summed E-state index contributed by atoms with van der Waals surface area (Å²) >= 11 is 0. The summed E-state index contributed by atoms with van der Waals surface area (Å²) < 4.78 is 5.49. The molecule has 3 nitrogen and oxygen atoms in total. The number of nitrogens with zero attached hydrogens (tertiary/aromatic N) is 1. The van der Waals surface area contributed by atoms with Crippen molar-refractivity contribution in [3.8, 4) is 5.75 Å². The Morgan fingerprint density at radius 1 is 1.00 bits per heavy atom. The number of aromatic nitrogens is 1. The zero-order valence-corrected chi connectivity index (χ0v) is 15.3. The van der Waals surface area contributed by atoms with Crippen LogP contribution in [0, 0.1) is 20.8 Å². The van der Waals surface area contributed by atoms with Gasteiger partial charge in [-0.2, -0.15) is 0 Å². The van der Waals surface area contributed by atoms with Crippen molar-refractivity contribution in [2.45, 2.75) is 27.7 Å². The molecule has 2 aromatic carbocycles. The van der Waals surface area contributed by atoms with Crippen LogP contribution in [0.25, 0.3) is 10.9 Å². The summed E-state index contributed by atoms with van der Waals surface area (Å²) in [6.45, 7) is 8.93. The molecule has 1 heterocycles. The third-order valence-corrected chi connectivity index (χ3v) is 3.82. The number of hydrogen-bond acceptors (Lipinski definition) is 3. The summed E-state index contributed by atoms with van der Waals surface area (Å²) in [6.07, 6.45) is 0. The highest BCUT2D eigenvalue weighted by Gasteiger charge is 2.08. The van der Waals surface area contributed by atoms with Gasteiger partial charge in [-0.1, -0.05) is 11.6 Å². The molecule has 0 amide bonds. The molecule has 4 heteroatoms. The van der Waals surface area contributed by atoms with Crippen molar-refractivity contribution in [3.05, 3.63) is 59.3 Å². The second-order valence-corrected chi connectivity index (χ2v) is 5.87. The Hall–Kier alpha value is -2.26. The average molecular weight is 343 g/mol. The Morgan fingerprint density at radius 3 is 2.38 bits per heavy atom. The van der Waals surface area contributed by atoms with Gasteiger partial charge in [-0.05, 0) is 69.7 Å². The molecular formula is C20H23ClN2O. The van der Waals surface area contributed by atoms with Crippen LogP contribution in [0.15, 0.2) is 42.5 Å². The minimum absolute atomic E-state index is 0. The maximum Gasteiger partial charge on any atom is 0.119 e. The zero-order valence-electron chi connectivity index (χ0n) is 14.5. The molecular weight excluding hydrogens is 320 g/mol. The van der Waals surface area contributed by atoms with Crippen molar-refractivity contribution in [3.63, 3.8) is 0 Å². The smallest absolute Gasteiger partial charge is 0.119 e. The molecule has 3 rings (SSSR count). The molecule has 1 aromatic heterocycles. The minimum atomic E-state index is 0. The second-order valence-electron chi connectivity index (χ2n) is 5.87. The van der Waals surface area contributed by atoms with E-state index < -0.39 is 0 Å². The molecule has 0 radical (unpaired) electrons. The fraction of sp³-hybridized carbons (Fsp3) is 0.250. The van der Waals surface area contributed by atoms with E-state index >= 15 is 0 Å². The number of ether oxygens (including phenoxy) is 1. The molecule has 3 aromatic rings. The maximum atomic E-state index is 5.49. The van der Waals surface area contributed by atoms with Gasteiger partial charge < -0.3 is 10.1 Å². The Kier molecular flexibility index (Phi) is 5.68. The molecule has 0 fully saturated rings. The van der Waals surface area contributed by atoms with Crippen LogP contribution in [0.2, 0.25) is 0 Å². The SMILES string of the molecule is CCOc1ccc(Nc2cc(C)nc3c(C)cc(C)cc23)cc1.Cl. The topological polar surface area (TPSA) is 34.1 Å². The summed E-state index contributed by atoms with van der Waals surface area (Å²) in [5, 5.41) is 4.67. The third kappa shape index (κ3) is 3.80. The monoisotopic (exact) mass is 342 g/mol. The van der Waals surface area contributed by atoms with E-state index in [0.717, 1.165) is 33.7 Å². The first-order valence-electron chi connectivity index (χ1n) is 7.95. The van der Waals surface area contributed by atoms with Gasteiger partial charge in [0.25, 0.3) is 0 Å². The van der Waals surface area contributed by atoms with Gasteiger partial charge in [0.05, 0.1) is 12.1 Å². The molecule has 0 unspecified atom stereocenters. The fourth-order valence-electron chi connectivity index (χ4n) is 2.87. The molecule has 0 aliphatic rings. The first kappa shape index (κ1) is 18.1. The van der Waals surface area contributed by atoms with Crippen LogP contribution in [0.4, 0.5) is 11.4 Å². The van der Waals surface area contributed by atoms with E-state index in [0.29, 0.717) is 6.61 Å². The van der Waals surface area contributed by atoms with Crippen LogP contribution in [0.5, 0.6) is 5.75 Å². The van der Waals surface area contributed by atoms with Gasteiger partial charge in [0.1, 0.15) is 5.75 Å². The number of aryl methyl sites for hydroxylation is 3. The molecule has 126 valence electrons. The van der Waals surface area contributed by atoms with Gasteiger partial charge in [-0.25, -0.2) is 0 Å². The second kappa shape index (κ2) is 7.54. The van der Waals surface area contributed by atoms with E-state index in [9.17, 15) is 0 Å². The van der Waals surface area contributed by atoms with Gasteiger partial charge >= 0.3 is 0 Å². The molecule has 0 bridgehead atoms. The van der Waals surface area contributed by atoms with E-state index in [2.05, 4.69) is 37.4 Å². The van der Waals surface area contributed by atoms with E-state index in [4.69, 9.17) is 9.72 Å². The molecule has 0 aliphatic carbocycles. The Balaban J connectivity index is 0.00000208. The Labute approximate surface area is 149 Å². The number of anilines is 2. The predicted molar refractivity (Wildman–Crippen MR) is 104 cm³/mol. The van der Waals surface area contributed by atoms with Crippen molar-refractivity contribution in [2.24, 2.45) is 0 Å². The largest absolute Gasteiger partial charge is 0.494 e. The predicted octanol–water partition coefficient (Wildman–Crippen LogP) is 5.72. The van der Waals surface area contributed by atoms with Crippen molar-refractivity contribution in [1.29, 1.82) is 0 Å². The number of benzene rings is 2. The number of hydrogen-bond donors (Lipinski definition) is 1. The normalized spacial score (nSPS) is 10.3. The highest BCUT2D eigenvalue weighted by Crippen LogP contribution is 2.30. The van der Waals surface area contributed by atoms with Gasteiger partial charge in [-0.3, -0.25) is 4.98 Å². The highest BCUT2D eigenvalue weighted by atomic mass is 35.5. The molecule has 0 atom stereocenters. The lowest BCUT2D eigenvalue weighted by Gasteiger charge is -2.13. The average Bonchev–Trinajstić information content (AvgIpc) is 2.51. The minimum Gasteiger partial charge on any atom is -0.494 e. The quantitative estimate of drug-likeness (QED) is 0.658. The molecule has 0 aliphatic heterocycles. The van der Waals surface area contributed by atoms with Crippen LogP contribution in [0.1, 0.15) is 23.7 Å². The van der Waals surface area contributed by atoms with E-state index in [1.54, 1.807) is 0 Å². The molecule has 0 spiro atoms. The van der Waals surface area contributed by atoms with Crippen molar-refractivity contribution < 1.29 is 4.74 Å². The third-order valence-electron chi connectivity index (χ3n) is 3.82. The van der Waals surface area contributed by atoms with Gasteiger partial charge in [0.2, 0.25) is 0 Å². The van der Waals surface area contributed by atoms with Crippen molar-refractivity contribution in [2.75, 3.05) is 11.9 Å². The van der Waals surface area contributed by atoms with Gasteiger partial charge in [-0.15, -0.1) is 12.4 Å². The zero-order chi connectivity index (χ0) is 16.4. The van der Waals surface area contributed by atoms with Crippen molar-refractivity contribution in [1.82, 2.24) is 4.98 Å². The molecule has 0 saturated carbocycles. The summed E-state index contributed by atoms with van der Waals surface area (Å²) in [4.78, 5) is 4.70. The summed E-state index contributed by atoms with van der Waals surface area (Å²) in [5.74, 6) is 0.889. The lowest BCUT2D eigenvalue weighted by molar-refractivity contribution is 0.340. The summed E-state index contributed by atoms with van der Waals surface area (Å²) in [6, 6.07) is 14.5. The number of halogens is 1. The number of rotatable bonds is 4. The van der Waals surface area contributed by atoms with E-state index in [1.165, 1.54) is 11.1 Å². The Bertz CT molecular complexity index is 844. The lowest BCUT2D eigenvalue weighted by Crippen LogP contribution is -1.97. The van der Waals surface area contributed by atoms with E-state index in [-0.39, 0.29) is 12.4 Å². The van der Waals surface area contributed by atoms with Gasteiger partial charge in [0, 0.05) is 22.5 Å². The summed E-state index contributed by atoms with van der Waals surface area (Å²) in [5.41, 5.74) is 6.65. The van der Waals surface area contributed by atoms with Crippen LogP contribution in [-0.4, -0.2) is 11.6 Å². The number of nitrogens with one attached hydrogen (secondary N) is 1. The summed E-state index contributed by atoms with van der Waals surface area (Å²) in [7, 11) is 0. The van der Waals surface area contributed by atoms with E-state index in [1.807, 2.05) is 38.1 Å². The first-order chi connectivity index (χ1) is 11.1. The number of pyridine rings is 1.